The first-order chi connectivity index (χ1) is 13.8. The SMILES string of the molecule is COc1ccc(F)c(CN2CCC[C@@]3(CCN(C(=O)CCC4(C)CC4)C3)C2=O)c1. The van der Waals surface area contributed by atoms with Crippen LogP contribution in [0.25, 0.3) is 0 Å². The van der Waals surface area contributed by atoms with Crippen LogP contribution in [0.15, 0.2) is 18.2 Å². The van der Waals surface area contributed by atoms with Gasteiger partial charge in [0.2, 0.25) is 11.8 Å². The van der Waals surface area contributed by atoms with Gasteiger partial charge in [-0.05, 0) is 62.1 Å². The molecular formula is C23H31FN2O3. The Morgan fingerprint density at radius 3 is 2.72 bits per heavy atom. The van der Waals surface area contributed by atoms with Crippen molar-refractivity contribution in [2.75, 3.05) is 26.7 Å². The minimum atomic E-state index is -0.493. The zero-order chi connectivity index (χ0) is 20.6. The van der Waals surface area contributed by atoms with Gasteiger partial charge in [0, 0.05) is 38.2 Å². The van der Waals surface area contributed by atoms with Crippen molar-refractivity contribution in [1.82, 2.24) is 9.80 Å². The van der Waals surface area contributed by atoms with Crippen LogP contribution < -0.4 is 4.74 Å². The molecule has 1 aromatic carbocycles. The van der Waals surface area contributed by atoms with Gasteiger partial charge >= 0.3 is 0 Å². The van der Waals surface area contributed by atoms with Crippen LogP contribution in [0.5, 0.6) is 5.75 Å². The summed E-state index contributed by atoms with van der Waals surface area (Å²) in [6.45, 7) is 4.28. The fraction of sp³-hybridized carbons (Fsp3) is 0.652. The molecule has 1 spiro atoms. The summed E-state index contributed by atoms with van der Waals surface area (Å²) < 4.78 is 19.5. The second-order valence-electron chi connectivity index (χ2n) is 9.44. The second kappa shape index (κ2) is 7.62. The first-order valence-electron chi connectivity index (χ1n) is 10.7. The molecule has 1 aliphatic carbocycles. The first-order valence-corrected chi connectivity index (χ1v) is 10.7. The van der Waals surface area contributed by atoms with Crippen molar-refractivity contribution in [2.24, 2.45) is 10.8 Å². The summed E-state index contributed by atoms with van der Waals surface area (Å²) in [5.41, 5.74) is 0.344. The van der Waals surface area contributed by atoms with Gasteiger partial charge in [0.15, 0.2) is 0 Å². The van der Waals surface area contributed by atoms with Crippen LogP contribution in [0, 0.1) is 16.6 Å². The number of amides is 2. The Labute approximate surface area is 172 Å². The normalized spacial score (nSPS) is 25.6. The Bertz CT molecular complexity index is 807. The van der Waals surface area contributed by atoms with E-state index in [0.717, 1.165) is 19.3 Å². The number of piperidine rings is 1. The summed E-state index contributed by atoms with van der Waals surface area (Å²) in [5, 5.41) is 0. The van der Waals surface area contributed by atoms with Gasteiger partial charge < -0.3 is 14.5 Å². The number of benzene rings is 1. The molecule has 3 fully saturated rings. The molecule has 2 aliphatic heterocycles. The first kappa shape index (κ1) is 20.2. The highest BCUT2D eigenvalue weighted by Crippen LogP contribution is 2.49. The lowest BCUT2D eigenvalue weighted by Crippen LogP contribution is -2.50. The molecule has 0 unspecified atom stereocenters. The number of ether oxygens (including phenoxy) is 1. The summed E-state index contributed by atoms with van der Waals surface area (Å²) in [6, 6.07) is 4.63. The van der Waals surface area contributed by atoms with Crippen LogP contribution in [0.4, 0.5) is 4.39 Å². The maximum absolute atomic E-state index is 14.3. The Balaban J connectivity index is 1.41. The lowest BCUT2D eigenvalue weighted by Gasteiger charge is -2.39. The zero-order valence-electron chi connectivity index (χ0n) is 17.5. The van der Waals surface area contributed by atoms with Crippen LogP contribution in [-0.4, -0.2) is 48.4 Å². The van der Waals surface area contributed by atoms with Crippen molar-refractivity contribution >= 4 is 11.8 Å². The van der Waals surface area contributed by atoms with Crippen LogP contribution >= 0.6 is 0 Å². The summed E-state index contributed by atoms with van der Waals surface area (Å²) >= 11 is 0. The Hall–Kier alpha value is -2.11. The van der Waals surface area contributed by atoms with Crippen molar-refractivity contribution in [1.29, 1.82) is 0 Å². The Kier molecular flexibility index (Phi) is 5.30. The summed E-state index contributed by atoms with van der Waals surface area (Å²) in [7, 11) is 1.55. The van der Waals surface area contributed by atoms with E-state index in [4.69, 9.17) is 4.74 Å². The highest BCUT2D eigenvalue weighted by molar-refractivity contribution is 5.86. The molecule has 29 heavy (non-hydrogen) atoms. The summed E-state index contributed by atoms with van der Waals surface area (Å²) in [4.78, 5) is 29.7. The molecule has 6 heteroatoms. The van der Waals surface area contributed by atoms with Crippen LogP contribution in [0.3, 0.4) is 0 Å². The van der Waals surface area contributed by atoms with Gasteiger partial charge in [-0.3, -0.25) is 9.59 Å². The van der Waals surface area contributed by atoms with E-state index in [9.17, 15) is 14.0 Å². The molecular weight excluding hydrogens is 371 g/mol. The van der Waals surface area contributed by atoms with Crippen molar-refractivity contribution < 1.29 is 18.7 Å². The van der Waals surface area contributed by atoms with Crippen molar-refractivity contribution in [2.45, 2.75) is 58.4 Å². The molecule has 0 aromatic heterocycles. The number of rotatable bonds is 6. The molecule has 0 N–H and O–H groups in total. The highest BCUT2D eigenvalue weighted by Gasteiger charge is 2.49. The minimum Gasteiger partial charge on any atom is -0.497 e. The van der Waals surface area contributed by atoms with Crippen LogP contribution in [-0.2, 0) is 16.1 Å². The molecule has 0 bridgehead atoms. The van der Waals surface area contributed by atoms with Gasteiger partial charge in [-0.15, -0.1) is 0 Å². The zero-order valence-corrected chi connectivity index (χ0v) is 17.5. The fourth-order valence-corrected chi connectivity index (χ4v) is 4.80. The molecule has 1 atom stereocenters. The van der Waals surface area contributed by atoms with Crippen LogP contribution in [0.1, 0.15) is 57.4 Å². The van der Waals surface area contributed by atoms with Crippen molar-refractivity contribution in [3.8, 4) is 5.75 Å². The van der Waals surface area contributed by atoms with E-state index in [1.807, 2.05) is 4.90 Å². The predicted octanol–water partition coefficient (Wildman–Crippen LogP) is 3.76. The molecule has 5 nitrogen and oxygen atoms in total. The minimum absolute atomic E-state index is 0.0652. The van der Waals surface area contributed by atoms with Crippen molar-refractivity contribution in [3.63, 3.8) is 0 Å². The highest BCUT2D eigenvalue weighted by atomic mass is 19.1. The average molecular weight is 403 g/mol. The van der Waals surface area contributed by atoms with Gasteiger partial charge in [-0.2, -0.15) is 0 Å². The van der Waals surface area contributed by atoms with Gasteiger partial charge in [0.1, 0.15) is 11.6 Å². The maximum atomic E-state index is 14.3. The molecule has 4 rings (SSSR count). The number of carbonyl (C=O) groups is 2. The lowest BCUT2D eigenvalue weighted by molar-refractivity contribution is -0.146. The number of hydrogen-bond donors (Lipinski definition) is 0. The molecule has 2 saturated heterocycles. The van der Waals surface area contributed by atoms with E-state index in [1.54, 1.807) is 24.1 Å². The van der Waals surface area contributed by atoms with Gasteiger partial charge in [-0.25, -0.2) is 4.39 Å². The largest absolute Gasteiger partial charge is 0.497 e. The molecule has 2 amide bonds. The predicted molar refractivity (Wildman–Crippen MR) is 108 cm³/mol. The van der Waals surface area contributed by atoms with E-state index in [-0.39, 0.29) is 24.2 Å². The smallest absolute Gasteiger partial charge is 0.230 e. The number of hydrogen-bond acceptors (Lipinski definition) is 3. The third kappa shape index (κ3) is 4.12. The second-order valence-corrected chi connectivity index (χ2v) is 9.44. The third-order valence-electron chi connectivity index (χ3n) is 7.19. The van der Waals surface area contributed by atoms with E-state index in [0.29, 0.717) is 49.2 Å². The number of nitrogens with zero attached hydrogens (tertiary/aromatic N) is 2. The Morgan fingerprint density at radius 1 is 1.21 bits per heavy atom. The van der Waals surface area contributed by atoms with Crippen LogP contribution in [0.2, 0.25) is 0 Å². The van der Waals surface area contributed by atoms with E-state index in [2.05, 4.69) is 6.92 Å². The van der Waals surface area contributed by atoms with Gasteiger partial charge in [0.05, 0.1) is 12.5 Å². The van der Waals surface area contributed by atoms with Crippen molar-refractivity contribution in [3.05, 3.63) is 29.6 Å². The molecule has 1 saturated carbocycles. The molecule has 2 heterocycles. The fourth-order valence-electron chi connectivity index (χ4n) is 4.80. The number of halogens is 1. The quantitative estimate of drug-likeness (QED) is 0.728. The monoisotopic (exact) mass is 402 g/mol. The van der Waals surface area contributed by atoms with E-state index < -0.39 is 5.41 Å². The summed E-state index contributed by atoms with van der Waals surface area (Å²) in [5.74, 6) is 0.506. The van der Waals surface area contributed by atoms with E-state index in [1.165, 1.54) is 18.9 Å². The average Bonchev–Trinajstić information content (AvgIpc) is 3.30. The molecule has 1 aromatic rings. The maximum Gasteiger partial charge on any atom is 0.230 e. The number of methoxy groups -OCH3 is 1. The molecule has 3 aliphatic rings. The number of likely N-dealkylation sites (tertiary alicyclic amines) is 2. The third-order valence-corrected chi connectivity index (χ3v) is 7.19. The topological polar surface area (TPSA) is 49.9 Å². The standard InChI is InChI=1S/C23H31FN2O3/c1-22(9-10-22)8-6-20(27)26-13-11-23(16-26)7-3-12-25(21(23)28)15-17-14-18(29-2)4-5-19(17)24/h4-5,14H,3,6-13,15-16H2,1-2H3/t23-/m0/s1. The van der Waals surface area contributed by atoms with E-state index >= 15 is 0 Å². The Morgan fingerprint density at radius 2 is 2.00 bits per heavy atom. The summed E-state index contributed by atoms with van der Waals surface area (Å²) in [6.07, 6.45) is 6.38. The molecule has 0 radical (unpaired) electrons. The lowest BCUT2D eigenvalue weighted by atomic mass is 9.78. The number of carbonyl (C=O) groups excluding carboxylic acids is 2. The van der Waals surface area contributed by atoms with Gasteiger partial charge in [-0.1, -0.05) is 6.92 Å². The van der Waals surface area contributed by atoms with Gasteiger partial charge in [0.25, 0.3) is 0 Å². The molecule has 158 valence electrons.